The number of guanidine groups is 1. The largest absolute Gasteiger partial charge is 0.392 e. The van der Waals surface area contributed by atoms with Crippen LogP contribution in [0.2, 0.25) is 0 Å². The van der Waals surface area contributed by atoms with E-state index in [1.54, 1.807) is 7.11 Å². The molecule has 5 heteroatoms. The summed E-state index contributed by atoms with van der Waals surface area (Å²) in [7, 11) is 1.70. The van der Waals surface area contributed by atoms with E-state index in [9.17, 15) is 5.11 Å². The van der Waals surface area contributed by atoms with Gasteiger partial charge in [0.1, 0.15) is 0 Å². The van der Waals surface area contributed by atoms with Gasteiger partial charge in [-0.05, 0) is 26.7 Å². The summed E-state index contributed by atoms with van der Waals surface area (Å²) in [5.41, 5.74) is -0.0922. The van der Waals surface area contributed by atoms with Crippen molar-refractivity contribution in [3.8, 4) is 0 Å². The van der Waals surface area contributed by atoms with Crippen LogP contribution in [0.5, 0.6) is 0 Å². The van der Waals surface area contributed by atoms with Crippen molar-refractivity contribution in [2.24, 2.45) is 10.4 Å². The summed E-state index contributed by atoms with van der Waals surface area (Å²) in [6, 6.07) is 0.210. The highest BCUT2D eigenvalue weighted by atomic mass is 16.5. The zero-order valence-corrected chi connectivity index (χ0v) is 13.4. The first-order valence-corrected chi connectivity index (χ1v) is 7.73. The number of nitrogens with one attached hydrogen (secondary N) is 2. The molecule has 1 fully saturated rings. The average molecular weight is 285 g/mol. The van der Waals surface area contributed by atoms with Gasteiger partial charge < -0.3 is 20.5 Å². The van der Waals surface area contributed by atoms with Crippen LogP contribution in [0.15, 0.2) is 4.99 Å². The molecule has 0 aromatic carbocycles. The number of hydrogen-bond acceptors (Lipinski definition) is 3. The summed E-state index contributed by atoms with van der Waals surface area (Å²) in [5.74, 6) is 0.802. The van der Waals surface area contributed by atoms with Gasteiger partial charge in [0.05, 0.1) is 19.3 Å². The molecule has 20 heavy (non-hydrogen) atoms. The predicted molar refractivity (Wildman–Crippen MR) is 83.0 cm³/mol. The van der Waals surface area contributed by atoms with E-state index in [2.05, 4.69) is 36.4 Å². The Morgan fingerprint density at radius 3 is 2.85 bits per heavy atom. The highest BCUT2D eigenvalue weighted by Crippen LogP contribution is 2.36. The van der Waals surface area contributed by atoms with Crippen LogP contribution in [0.25, 0.3) is 0 Å². The van der Waals surface area contributed by atoms with E-state index < -0.39 is 0 Å². The number of hydrogen-bond donors (Lipinski definition) is 3. The number of methoxy groups -OCH3 is 1. The summed E-state index contributed by atoms with van der Waals surface area (Å²) < 4.78 is 5.13. The van der Waals surface area contributed by atoms with Gasteiger partial charge in [-0.15, -0.1) is 0 Å². The van der Waals surface area contributed by atoms with E-state index in [-0.39, 0.29) is 17.6 Å². The van der Waals surface area contributed by atoms with E-state index in [4.69, 9.17) is 4.74 Å². The molecule has 0 aliphatic heterocycles. The molecule has 0 bridgehead atoms. The van der Waals surface area contributed by atoms with Gasteiger partial charge in [-0.3, -0.25) is 4.99 Å². The lowest BCUT2D eigenvalue weighted by atomic mass is 9.73. The maximum atomic E-state index is 10.2. The molecule has 118 valence electrons. The molecule has 0 spiro atoms. The summed E-state index contributed by atoms with van der Waals surface area (Å²) in [4.78, 5) is 4.66. The van der Waals surface area contributed by atoms with Crippen LogP contribution < -0.4 is 10.6 Å². The molecule has 0 saturated heterocycles. The molecule has 1 aliphatic carbocycles. The molecular weight excluding hydrogens is 254 g/mol. The highest BCUT2D eigenvalue weighted by Gasteiger charge is 2.35. The fraction of sp³-hybridized carbons (Fsp3) is 0.933. The van der Waals surface area contributed by atoms with E-state index in [1.807, 2.05) is 0 Å². The number of aliphatic imine (C=N–C) groups is 1. The Balaban J connectivity index is 2.60. The van der Waals surface area contributed by atoms with Gasteiger partial charge in [0.15, 0.2) is 5.96 Å². The molecular formula is C15H31N3O2. The quantitative estimate of drug-likeness (QED) is 0.511. The predicted octanol–water partition coefficient (Wildman–Crippen LogP) is 1.52. The molecule has 0 aromatic rings. The van der Waals surface area contributed by atoms with Gasteiger partial charge >= 0.3 is 0 Å². The molecule has 5 nitrogen and oxygen atoms in total. The SMILES string of the molecule is CCNC(=NCC1(C)CCCCC1O)NC(C)COC. The van der Waals surface area contributed by atoms with Crippen LogP contribution in [0, 0.1) is 5.41 Å². The lowest BCUT2D eigenvalue weighted by molar-refractivity contribution is 0.00715. The maximum absolute atomic E-state index is 10.2. The first-order valence-electron chi connectivity index (χ1n) is 7.73. The standard InChI is InChI=1S/C15H31N3O2/c1-5-16-14(18-12(2)10-20-4)17-11-15(3)9-7-6-8-13(15)19/h12-13,19H,5-11H2,1-4H3,(H2,16,17,18). The number of rotatable bonds is 6. The number of aliphatic hydroxyl groups is 1. The lowest BCUT2D eigenvalue weighted by Crippen LogP contribution is -2.45. The van der Waals surface area contributed by atoms with Crippen LogP contribution in [-0.2, 0) is 4.74 Å². The molecule has 0 radical (unpaired) electrons. The highest BCUT2D eigenvalue weighted by molar-refractivity contribution is 5.80. The summed E-state index contributed by atoms with van der Waals surface area (Å²) in [6.07, 6.45) is 4.02. The summed E-state index contributed by atoms with van der Waals surface area (Å²) in [5, 5.41) is 16.8. The second kappa shape index (κ2) is 8.47. The molecule has 3 unspecified atom stereocenters. The third kappa shape index (κ3) is 5.29. The second-order valence-corrected chi connectivity index (χ2v) is 6.11. The normalized spacial score (nSPS) is 29.1. The van der Waals surface area contributed by atoms with Crippen molar-refractivity contribution in [3.05, 3.63) is 0 Å². The molecule has 0 heterocycles. The van der Waals surface area contributed by atoms with E-state index in [1.165, 1.54) is 6.42 Å². The molecule has 1 rings (SSSR count). The molecule has 0 amide bonds. The van der Waals surface area contributed by atoms with Gasteiger partial charge in [-0.2, -0.15) is 0 Å². The Labute approximate surface area is 123 Å². The van der Waals surface area contributed by atoms with Crippen molar-refractivity contribution in [1.82, 2.24) is 10.6 Å². The maximum Gasteiger partial charge on any atom is 0.191 e. The van der Waals surface area contributed by atoms with Gasteiger partial charge in [0.25, 0.3) is 0 Å². The van der Waals surface area contributed by atoms with Gasteiger partial charge in [0.2, 0.25) is 0 Å². The Morgan fingerprint density at radius 2 is 2.25 bits per heavy atom. The Morgan fingerprint density at radius 1 is 1.50 bits per heavy atom. The summed E-state index contributed by atoms with van der Waals surface area (Å²) in [6.45, 7) is 8.38. The van der Waals surface area contributed by atoms with Crippen molar-refractivity contribution in [2.45, 2.75) is 58.6 Å². The minimum Gasteiger partial charge on any atom is -0.392 e. The fourth-order valence-electron chi connectivity index (χ4n) is 2.67. The zero-order valence-electron chi connectivity index (χ0n) is 13.4. The molecule has 0 aromatic heterocycles. The lowest BCUT2D eigenvalue weighted by Gasteiger charge is -2.37. The van der Waals surface area contributed by atoms with Crippen LogP contribution in [0.3, 0.4) is 0 Å². The first kappa shape index (κ1) is 17.2. The third-order valence-corrected chi connectivity index (χ3v) is 4.02. The topological polar surface area (TPSA) is 65.9 Å². The Bertz CT molecular complexity index is 309. The number of ether oxygens (including phenoxy) is 1. The van der Waals surface area contributed by atoms with Crippen molar-refractivity contribution in [1.29, 1.82) is 0 Å². The number of aliphatic hydroxyl groups excluding tert-OH is 1. The van der Waals surface area contributed by atoms with E-state index >= 15 is 0 Å². The van der Waals surface area contributed by atoms with Crippen molar-refractivity contribution >= 4 is 5.96 Å². The minimum absolute atomic E-state index is 0.0922. The Kier molecular flexibility index (Phi) is 7.30. The van der Waals surface area contributed by atoms with Crippen molar-refractivity contribution in [3.63, 3.8) is 0 Å². The zero-order chi connectivity index (χ0) is 15.0. The van der Waals surface area contributed by atoms with Crippen LogP contribution >= 0.6 is 0 Å². The minimum atomic E-state index is -0.237. The summed E-state index contributed by atoms with van der Waals surface area (Å²) >= 11 is 0. The fourth-order valence-corrected chi connectivity index (χ4v) is 2.67. The van der Waals surface area contributed by atoms with Crippen molar-refractivity contribution in [2.75, 3.05) is 26.8 Å². The van der Waals surface area contributed by atoms with Gasteiger partial charge in [-0.1, -0.05) is 19.8 Å². The second-order valence-electron chi connectivity index (χ2n) is 6.11. The van der Waals surface area contributed by atoms with Gasteiger partial charge in [0, 0.05) is 25.1 Å². The Hall–Kier alpha value is -0.810. The first-order chi connectivity index (χ1) is 9.51. The molecule has 1 saturated carbocycles. The monoisotopic (exact) mass is 285 g/mol. The van der Waals surface area contributed by atoms with E-state index in [0.717, 1.165) is 31.8 Å². The molecule has 3 atom stereocenters. The van der Waals surface area contributed by atoms with Crippen molar-refractivity contribution < 1.29 is 9.84 Å². The smallest absolute Gasteiger partial charge is 0.191 e. The van der Waals surface area contributed by atoms with Crippen LogP contribution in [0.4, 0.5) is 0 Å². The average Bonchev–Trinajstić information content (AvgIpc) is 2.40. The molecule has 3 N–H and O–H groups in total. The van der Waals surface area contributed by atoms with Gasteiger partial charge in [-0.25, -0.2) is 0 Å². The molecule has 1 aliphatic rings. The van der Waals surface area contributed by atoms with Crippen LogP contribution in [0.1, 0.15) is 46.5 Å². The third-order valence-electron chi connectivity index (χ3n) is 4.02. The number of nitrogens with zero attached hydrogens (tertiary/aromatic N) is 1. The van der Waals surface area contributed by atoms with Crippen LogP contribution in [-0.4, -0.2) is 50.0 Å². The van der Waals surface area contributed by atoms with E-state index in [0.29, 0.717) is 13.2 Å².